The number of aliphatic hydroxyl groups is 1. The smallest absolute Gasteiger partial charge is 0.301 e. The topological polar surface area (TPSA) is 79.7 Å². The van der Waals surface area contributed by atoms with Gasteiger partial charge in [0.05, 0.1) is 28.4 Å². The van der Waals surface area contributed by atoms with Crippen LogP contribution in [0.2, 0.25) is 5.02 Å². The molecule has 8 heteroatoms. The molecule has 0 aliphatic carbocycles. The quantitative estimate of drug-likeness (QED) is 0.159. The Morgan fingerprint density at radius 1 is 1.08 bits per heavy atom. The molecule has 1 aromatic heterocycles. The highest BCUT2D eigenvalue weighted by Gasteiger charge is 2.48. The number of fused-ring (bicyclic) bond motifs is 1. The Labute approximate surface area is 223 Å². The summed E-state index contributed by atoms with van der Waals surface area (Å²) in [4.78, 5) is 33.0. The van der Waals surface area contributed by atoms with Crippen LogP contribution in [0.5, 0.6) is 5.75 Å². The number of hydrogen-bond donors (Lipinski definition) is 1. The molecular formula is C29H25ClN2O4S. The van der Waals surface area contributed by atoms with Crippen molar-refractivity contribution in [3.8, 4) is 5.75 Å². The van der Waals surface area contributed by atoms with E-state index in [-0.39, 0.29) is 11.3 Å². The van der Waals surface area contributed by atoms with Crippen LogP contribution < -0.4 is 9.64 Å². The molecule has 37 heavy (non-hydrogen) atoms. The summed E-state index contributed by atoms with van der Waals surface area (Å²) in [6.45, 7) is 4.63. The minimum absolute atomic E-state index is 0.00605. The van der Waals surface area contributed by atoms with Crippen molar-refractivity contribution in [2.75, 3.05) is 11.5 Å². The second-order valence-electron chi connectivity index (χ2n) is 8.75. The minimum atomic E-state index is -0.882. The number of ketones is 1. The Hall–Kier alpha value is -3.68. The Kier molecular flexibility index (Phi) is 7.00. The van der Waals surface area contributed by atoms with E-state index in [0.717, 1.165) is 28.6 Å². The van der Waals surface area contributed by atoms with Gasteiger partial charge in [0.15, 0.2) is 5.13 Å². The number of halogens is 1. The van der Waals surface area contributed by atoms with Gasteiger partial charge in [-0.2, -0.15) is 0 Å². The van der Waals surface area contributed by atoms with Crippen LogP contribution in [-0.2, 0) is 16.0 Å². The van der Waals surface area contributed by atoms with Crippen molar-refractivity contribution in [1.29, 1.82) is 0 Å². The largest absolute Gasteiger partial charge is 0.507 e. The van der Waals surface area contributed by atoms with Gasteiger partial charge in [-0.25, -0.2) is 4.98 Å². The number of benzene rings is 3. The lowest BCUT2D eigenvalue weighted by molar-refractivity contribution is -0.132. The molecular weight excluding hydrogens is 508 g/mol. The monoisotopic (exact) mass is 532 g/mol. The normalized spacial score (nSPS) is 17.1. The van der Waals surface area contributed by atoms with Crippen molar-refractivity contribution in [3.05, 3.63) is 94.0 Å². The summed E-state index contributed by atoms with van der Waals surface area (Å²) in [6.07, 6.45) is 1.71. The van der Waals surface area contributed by atoms with Gasteiger partial charge in [0.1, 0.15) is 11.5 Å². The standard InChI is InChI=1S/C29H25ClN2O4S/c1-3-14-36-21-7-5-6-19(16-21)25-24(26(33)18-9-11-20(30)12-10-18)27(34)28(35)32(25)29-31-22-13-8-17(4-2)15-23(22)37-29/h5-13,15-16,25,33H,3-4,14H2,1-2H3/t25-/m1/s1. The Morgan fingerprint density at radius 2 is 1.86 bits per heavy atom. The third-order valence-corrected chi connectivity index (χ3v) is 7.53. The van der Waals surface area contributed by atoms with E-state index in [1.165, 1.54) is 16.2 Å². The molecule has 0 saturated carbocycles. The van der Waals surface area contributed by atoms with Gasteiger partial charge < -0.3 is 9.84 Å². The van der Waals surface area contributed by atoms with E-state index in [0.29, 0.717) is 33.6 Å². The number of nitrogens with zero attached hydrogens (tertiary/aromatic N) is 2. The molecule has 1 N–H and O–H groups in total. The summed E-state index contributed by atoms with van der Waals surface area (Å²) in [7, 11) is 0. The molecule has 1 saturated heterocycles. The zero-order valence-corrected chi connectivity index (χ0v) is 22.0. The van der Waals surface area contributed by atoms with Gasteiger partial charge in [0, 0.05) is 10.6 Å². The number of aryl methyl sites for hydroxylation is 1. The lowest BCUT2D eigenvalue weighted by Gasteiger charge is -2.23. The third-order valence-electron chi connectivity index (χ3n) is 6.26. The molecule has 188 valence electrons. The van der Waals surface area contributed by atoms with Gasteiger partial charge in [0.25, 0.3) is 5.78 Å². The zero-order chi connectivity index (χ0) is 26.1. The van der Waals surface area contributed by atoms with Crippen LogP contribution in [0.15, 0.2) is 72.3 Å². The molecule has 0 radical (unpaired) electrons. The number of thiazole rings is 1. The lowest BCUT2D eigenvalue weighted by atomic mass is 9.95. The van der Waals surface area contributed by atoms with Crippen LogP contribution in [0.1, 0.15) is 43.0 Å². The summed E-state index contributed by atoms with van der Waals surface area (Å²) in [5.41, 5.74) is 2.92. The fraction of sp³-hybridized carbons (Fsp3) is 0.207. The second kappa shape index (κ2) is 10.4. The third kappa shape index (κ3) is 4.72. The van der Waals surface area contributed by atoms with Gasteiger partial charge in [0.2, 0.25) is 0 Å². The molecule has 1 atom stereocenters. The van der Waals surface area contributed by atoms with Gasteiger partial charge in [-0.15, -0.1) is 0 Å². The number of hydrogen-bond acceptors (Lipinski definition) is 6. The van der Waals surface area contributed by atoms with E-state index >= 15 is 0 Å². The molecule has 1 aliphatic heterocycles. The summed E-state index contributed by atoms with van der Waals surface area (Å²) in [5, 5.41) is 12.2. The average molecular weight is 533 g/mol. The van der Waals surface area contributed by atoms with Crippen LogP contribution in [0, 0.1) is 0 Å². The van der Waals surface area contributed by atoms with Crippen molar-refractivity contribution >= 4 is 55.7 Å². The SMILES string of the molecule is CCCOc1cccc([C@@H]2C(=C(O)c3ccc(Cl)cc3)C(=O)C(=O)N2c2nc3ccc(CC)cc3s2)c1. The van der Waals surface area contributed by atoms with E-state index in [2.05, 4.69) is 13.0 Å². The van der Waals surface area contributed by atoms with Crippen LogP contribution in [0.25, 0.3) is 16.0 Å². The van der Waals surface area contributed by atoms with E-state index in [1.807, 2.05) is 37.3 Å². The van der Waals surface area contributed by atoms with Crippen molar-refractivity contribution in [1.82, 2.24) is 4.98 Å². The molecule has 0 bridgehead atoms. The fourth-order valence-corrected chi connectivity index (χ4v) is 5.56. The van der Waals surface area contributed by atoms with Crippen LogP contribution >= 0.6 is 22.9 Å². The van der Waals surface area contributed by atoms with Gasteiger partial charge in [-0.3, -0.25) is 14.5 Å². The Balaban J connectivity index is 1.69. The molecule has 6 nitrogen and oxygen atoms in total. The van der Waals surface area contributed by atoms with Crippen LogP contribution in [-0.4, -0.2) is 28.4 Å². The highest BCUT2D eigenvalue weighted by atomic mass is 35.5. The first-order chi connectivity index (χ1) is 17.9. The number of carbonyl (C=O) groups is 2. The van der Waals surface area contributed by atoms with Crippen LogP contribution in [0.3, 0.4) is 0 Å². The number of aromatic nitrogens is 1. The van der Waals surface area contributed by atoms with Crippen molar-refractivity contribution in [3.63, 3.8) is 0 Å². The highest BCUT2D eigenvalue weighted by molar-refractivity contribution is 7.22. The van der Waals surface area contributed by atoms with Gasteiger partial charge in [-0.1, -0.05) is 55.0 Å². The first-order valence-electron chi connectivity index (χ1n) is 12.1. The summed E-state index contributed by atoms with van der Waals surface area (Å²) < 4.78 is 6.75. The zero-order valence-electron chi connectivity index (χ0n) is 20.4. The van der Waals surface area contributed by atoms with Gasteiger partial charge in [-0.05, 0) is 72.5 Å². The summed E-state index contributed by atoms with van der Waals surface area (Å²) in [6, 6.07) is 18.8. The number of aliphatic hydroxyl groups excluding tert-OH is 1. The van der Waals surface area contributed by atoms with E-state index in [4.69, 9.17) is 21.3 Å². The molecule has 1 fully saturated rings. The van der Waals surface area contributed by atoms with Gasteiger partial charge >= 0.3 is 5.91 Å². The number of anilines is 1. The van der Waals surface area contributed by atoms with E-state index in [1.54, 1.807) is 30.3 Å². The van der Waals surface area contributed by atoms with Crippen molar-refractivity contribution < 1.29 is 19.4 Å². The second-order valence-corrected chi connectivity index (χ2v) is 10.2. The molecule has 5 rings (SSSR count). The molecule has 0 unspecified atom stereocenters. The van der Waals surface area contributed by atoms with E-state index < -0.39 is 17.7 Å². The van der Waals surface area contributed by atoms with E-state index in [9.17, 15) is 14.7 Å². The maximum atomic E-state index is 13.5. The first kappa shape index (κ1) is 25.0. The number of amides is 1. The fourth-order valence-electron chi connectivity index (χ4n) is 4.38. The predicted molar refractivity (Wildman–Crippen MR) is 147 cm³/mol. The molecule has 2 heterocycles. The molecule has 3 aromatic carbocycles. The Bertz CT molecular complexity index is 1530. The number of carbonyl (C=O) groups excluding carboxylic acids is 2. The number of Topliss-reactive ketones (excluding diaryl/α,β-unsaturated/α-hetero) is 1. The average Bonchev–Trinajstić information content (AvgIpc) is 3.45. The molecule has 1 amide bonds. The first-order valence-corrected chi connectivity index (χ1v) is 13.3. The summed E-state index contributed by atoms with van der Waals surface area (Å²) in [5.74, 6) is -1.16. The lowest BCUT2D eigenvalue weighted by Crippen LogP contribution is -2.29. The van der Waals surface area contributed by atoms with Crippen molar-refractivity contribution in [2.24, 2.45) is 0 Å². The number of ether oxygens (including phenoxy) is 1. The highest BCUT2D eigenvalue weighted by Crippen LogP contribution is 2.45. The van der Waals surface area contributed by atoms with Crippen LogP contribution in [0.4, 0.5) is 5.13 Å². The van der Waals surface area contributed by atoms with Crippen molar-refractivity contribution in [2.45, 2.75) is 32.7 Å². The molecule has 0 spiro atoms. The maximum Gasteiger partial charge on any atom is 0.301 e. The maximum absolute atomic E-state index is 13.5. The summed E-state index contributed by atoms with van der Waals surface area (Å²) >= 11 is 7.37. The predicted octanol–water partition coefficient (Wildman–Crippen LogP) is 6.93. The number of rotatable bonds is 7. The molecule has 1 aliphatic rings. The minimum Gasteiger partial charge on any atom is -0.507 e. The molecule has 4 aromatic rings. The Morgan fingerprint density at radius 3 is 2.59 bits per heavy atom.